The van der Waals surface area contributed by atoms with Gasteiger partial charge in [-0.2, -0.15) is 0 Å². The van der Waals surface area contributed by atoms with Gasteiger partial charge in [0.1, 0.15) is 5.60 Å². The average molecular weight is 329 g/mol. The van der Waals surface area contributed by atoms with Gasteiger partial charge in [-0.3, -0.25) is 4.99 Å². The van der Waals surface area contributed by atoms with Crippen molar-refractivity contribution in [2.75, 3.05) is 20.1 Å². The van der Waals surface area contributed by atoms with E-state index in [9.17, 15) is 4.79 Å². The van der Waals surface area contributed by atoms with Crippen molar-refractivity contribution in [3.05, 3.63) is 0 Å². The molecule has 1 amide bonds. The highest BCUT2D eigenvalue weighted by Gasteiger charge is 2.23. The number of nitrogens with one attached hydrogen (secondary N) is 2. The number of hydrogen-bond acceptors (Lipinski definition) is 3. The van der Waals surface area contributed by atoms with Crippen molar-refractivity contribution < 1.29 is 9.53 Å². The molecule has 0 aliphatic carbocycles. The van der Waals surface area contributed by atoms with Crippen LogP contribution in [0.15, 0.2) is 4.99 Å². The Hall–Kier alpha value is -1.46. The minimum absolute atomic E-state index is 0.113. The minimum Gasteiger partial charge on any atom is -0.444 e. The number of rotatable bonds is 7. The zero-order valence-electron chi connectivity index (χ0n) is 16.2. The normalized spacial score (nSPS) is 13.7. The third-order valence-electron chi connectivity index (χ3n) is 3.34. The van der Waals surface area contributed by atoms with Crippen molar-refractivity contribution in [3.8, 4) is 0 Å². The highest BCUT2D eigenvalue weighted by molar-refractivity contribution is 5.79. The zero-order valence-corrected chi connectivity index (χ0v) is 16.2. The Bertz CT molecular complexity index is 375. The van der Waals surface area contributed by atoms with Crippen molar-refractivity contribution >= 4 is 12.1 Å². The number of guanidine groups is 1. The molecule has 0 fully saturated rings. The Morgan fingerprint density at radius 3 is 2.30 bits per heavy atom. The van der Waals surface area contributed by atoms with Gasteiger partial charge in [0.05, 0.1) is 0 Å². The molecule has 0 aromatic rings. The van der Waals surface area contributed by atoms with Gasteiger partial charge < -0.3 is 20.3 Å². The van der Waals surface area contributed by atoms with Crippen molar-refractivity contribution in [2.45, 2.75) is 79.0 Å². The maximum Gasteiger partial charge on any atom is 0.410 e. The molecule has 0 aromatic carbocycles. The van der Waals surface area contributed by atoms with E-state index in [0.29, 0.717) is 12.6 Å². The topological polar surface area (TPSA) is 66.0 Å². The third kappa shape index (κ3) is 10.0. The van der Waals surface area contributed by atoms with E-state index >= 15 is 0 Å². The molecule has 136 valence electrons. The Kier molecular flexibility index (Phi) is 9.68. The van der Waals surface area contributed by atoms with Gasteiger partial charge in [-0.15, -0.1) is 0 Å². The fraction of sp³-hybridized carbons (Fsp3) is 0.882. The summed E-state index contributed by atoms with van der Waals surface area (Å²) in [6.45, 7) is 15.3. The van der Waals surface area contributed by atoms with Crippen LogP contribution in [-0.4, -0.2) is 54.8 Å². The van der Waals surface area contributed by atoms with E-state index in [1.54, 1.807) is 11.9 Å². The molecule has 0 rings (SSSR count). The van der Waals surface area contributed by atoms with E-state index < -0.39 is 5.60 Å². The number of ether oxygens (including phenoxy) is 1. The molecule has 0 heterocycles. The monoisotopic (exact) mass is 328 g/mol. The zero-order chi connectivity index (χ0) is 18.0. The maximum atomic E-state index is 12.2. The van der Waals surface area contributed by atoms with Gasteiger partial charge in [0, 0.05) is 32.2 Å². The Morgan fingerprint density at radius 1 is 1.26 bits per heavy atom. The number of carbonyl (C=O) groups excluding carboxylic acids is 1. The van der Waals surface area contributed by atoms with Crippen molar-refractivity contribution in [1.82, 2.24) is 15.5 Å². The smallest absolute Gasteiger partial charge is 0.410 e. The number of hydrogen-bond donors (Lipinski definition) is 2. The molecule has 1 atom stereocenters. The van der Waals surface area contributed by atoms with Crippen LogP contribution < -0.4 is 10.6 Å². The molecule has 6 heteroatoms. The van der Waals surface area contributed by atoms with Crippen LogP contribution in [0.3, 0.4) is 0 Å². The molecule has 0 saturated carbocycles. The van der Waals surface area contributed by atoms with E-state index in [-0.39, 0.29) is 12.1 Å². The van der Waals surface area contributed by atoms with Gasteiger partial charge in [-0.05, 0) is 54.4 Å². The second-order valence-electron chi connectivity index (χ2n) is 7.07. The van der Waals surface area contributed by atoms with E-state index in [4.69, 9.17) is 4.74 Å². The number of carbonyl (C=O) groups is 1. The molecule has 1 unspecified atom stereocenters. The molecule has 0 bridgehead atoms. The first-order valence-corrected chi connectivity index (χ1v) is 8.57. The summed E-state index contributed by atoms with van der Waals surface area (Å²) in [4.78, 5) is 18.2. The molecular weight excluding hydrogens is 292 g/mol. The Labute approximate surface area is 142 Å². The summed E-state index contributed by atoms with van der Waals surface area (Å²) in [6, 6.07) is 0.498. The summed E-state index contributed by atoms with van der Waals surface area (Å²) in [6.07, 6.45) is 1.62. The maximum absolute atomic E-state index is 12.2. The first-order valence-electron chi connectivity index (χ1n) is 8.57. The van der Waals surface area contributed by atoms with Crippen LogP contribution >= 0.6 is 0 Å². The molecular formula is C17H36N4O2. The summed E-state index contributed by atoms with van der Waals surface area (Å²) in [5.41, 5.74) is -0.468. The van der Waals surface area contributed by atoms with Crippen molar-refractivity contribution in [3.63, 3.8) is 0 Å². The molecule has 0 saturated heterocycles. The summed E-state index contributed by atoms with van der Waals surface area (Å²) in [5.74, 6) is 0.799. The lowest BCUT2D eigenvalue weighted by Crippen LogP contribution is -2.44. The average Bonchev–Trinajstić information content (AvgIpc) is 2.42. The third-order valence-corrected chi connectivity index (χ3v) is 3.34. The minimum atomic E-state index is -0.468. The van der Waals surface area contributed by atoms with Crippen molar-refractivity contribution in [2.24, 2.45) is 4.99 Å². The van der Waals surface area contributed by atoms with Crippen LogP contribution in [-0.2, 0) is 4.74 Å². The lowest BCUT2D eigenvalue weighted by Gasteiger charge is -2.30. The van der Waals surface area contributed by atoms with Crippen LogP contribution in [0.5, 0.6) is 0 Å². The Morgan fingerprint density at radius 2 is 1.87 bits per heavy atom. The highest BCUT2D eigenvalue weighted by Crippen LogP contribution is 2.12. The summed E-state index contributed by atoms with van der Waals surface area (Å²) in [5, 5.41) is 6.59. The van der Waals surface area contributed by atoms with Gasteiger partial charge in [0.15, 0.2) is 5.96 Å². The molecule has 23 heavy (non-hydrogen) atoms. The largest absolute Gasteiger partial charge is 0.444 e. The van der Waals surface area contributed by atoms with Crippen LogP contribution in [0.4, 0.5) is 4.79 Å². The summed E-state index contributed by atoms with van der Waals surface area (Å²) >= 11 is 0. The molecule has 0 aliphatic heterocycles. The molecule has 6 nitrogen and oxygen atoms in total. The quantitative estimate of drug-likeness (QED) is 0.428. The molecule has 0 spiro atoms. The fourth-order valence-electron chi connectivity index (χ4n) is 1.87. The Balaban J connectivity index is 4.31. The summed E-state index contributed by atoms with van der Waals surface area (Å²) < 4.78 is 5.46. The highest BCUT2D eigenvalue weighted by atomic mass is 16.6. The van der Waals surface area contributed by atoms with E-state index in [2.05, 4.69) is 29.5 Å². The van der Waals surface area contributed by atoms with Gasteiger partial charge >= 0.3 is 6.09 Å². The van der Waals surface area contributed by atoms with Crippen molar-refractivity contribution in [1.29, 1.82) is 0 Å². The van der Waals surface area contributed by atoms with Gasteiger partial charge in [0.25, 0.3) is 0 Å². The molecule has 2 N–H and O–H groups in total. The SMILES string of the molecule is CCC(C)NC(=NC)NCCCN(C(=O)OC(C)(C)C)C(C)C. The van der Waals surface area contributed by atoms with Crippen LogP contribution in [0.2, 0.25) is 0 Å². The lowest BCUT2D eigenvalue weighted by molar-refractivity contribution is 0.0190. The van der Waals surface area contributed by atoms with Gasteiger partial charge in [0.2, 0.25) is 0 Å². The van der Waals surface area contributed by atoms with Crippen LogP contribution in [0.1, 0.15) is 61.3 Å². The number of aliphatic imine (C=N–C) groups is 1. The second-order valence-corrected chi connectivity index (χ2v) is 7.07. The summed E-state index contributed by atoms with van der Waals surface area (Å²) in [7, 11) is 1.76. The van der Waals surface area contributed by atoms with Gasteiger partial charge in [-0.25, -0.2) is 4.79 Å². The second kappa shape index (κ2) is 10.3. The molecule has 0 radical (unpaired) electrons. The van der Waals surface area contributed by atoms with E-state index in [1.165, 1.54) is 0 Å². The molecule has 0 aromatic heterocycles. The van der Waals surface area contributed by atoms with Crippen LogP contribution in [0, 0.1) is 0 Å². The lowest BCUT2D eigenvalue weighted by atomic mass is 10.2. The van der Waals surface area contributed by atoms with Gasteiger partial charge in [-0.1, -0.05) is 6.92 Å². The first-order chi connectivity index (χ1) is 10.6. The first kappa shape index (κ1) is 21.5. The standard InChI is InChI=1S/C17H36N4O2/c1-9-14(4)20-15(18-8)19-11-10-12-21(13(2)3)16(22)23-17(5,6)7/h13-14H,9-12H2,1-8H3,(H2,18,19,20). The number of amides is 1. The number of nitrogens with zero attached hydrogens (tertiary/aromatic N) is 2. The fourth-order valence-corrected chi connectivity index (χ4v) is 1.87. The van der Waals surface area contributed by atoms with Crippen LogP contribution in [0.25, 0.3) is 0 Å². The van der Waals surface area contributed by atoms with E-state index in [0.717, 1.165) is 25.3 Å². The molecule has 0 aliphatic rings. The predicted molar refractivity (Wildman–Crippen MR) is 96.9 cm³/mol. The predicted octanol–water partition coefficient (Wildman–Crippen LogP) is 2.99. The van der Waals surface area contributed by atoms with E-state index in [1.807, 2.05) is 34.6 Å².